The highest BCUT2D eigenvalue weighted by molar-refractivity contribution is 6.30. The zero-order valence-corrected chi connectivity index (χ0v) is 10.9. The van der Waals surface area contributed by atoms with Crippen LogP contribution in [-0.4, -0.2) is 22.7 Å². The van der Waals surface area contributed by atoms with Crippen molar-refractivity contribution in [3.05, 3.63) is 46.7 Å². The zero-order valence-electron chi connectivity index (χ0n) is 10.2. The minimum Gasteiger partial charge on any atom is -0.493 e. The van der Waals surface area contributed by atoms with Crippen molar-refractivity contribution < 1.29 is 9.53 Å². The van der Waals surface area contributed by atoms with Crippen molar-refractivity contribution in [3.8, 4) is 5.75 Å². The van der Waals surface area contributed by atoms with Gasteiger partial charge in [-0.1, -0.05) is 23.7 Å². The van der Waals surface area contributed by atoms with Crippen molar-refractivity contribution in [2.75, 3.05) is 7.11 Å². The number of ketones is 1. The number of carbonyl (C=O) groups excluding carboxylic acids is 1. The highest BCUT2D eigenvalue weighted by atomic mass is 35.5. The monoisotopic (exact) mass is 264 g/mol. The molecular weight excluding hydrogens is 252 g/mol. The zero-order chi connectivity index (χ0) is 13.1. The molecule has 1 heterocycles. The molecule has 2 rings (SSSR count). The lowest BCUT2D eigenvalue weighted by Gasteiger charge is -2.04. The first-order valence-corrected chi connectivity index (χ1v) is 5.83. The number of hydrogen-bond donors (Lipinski definition) is 0. The number of carbonyl (C=O) groups is 1. The van der Waals surface area contributed by atoms with Gasteiger partial charge in [-0.25, -0.2) is 0 Å². The molecule has 0 fully saturated rings. The maximum Gasteiger partial charge on any atom is 0.189 e. The second-order valence-electron chi connectivity index (χ2n) is 3.91. The summed E-state index contributed by atoms with van der Waals surface area (Å²) in [7, 11) is 3.24. The van der Waals surface area contributed by atoms with Crippen molar-refractivity contribution in [1.82, 2.24) is 9.78 Å². The summed E-state index contributed by atoms with van der Waals surface area (Å²) < 4.78 is 6.64. The highest BCUT2D eigenvalue weighted by Gasteiger charge is 2.17. The number of Topliss-reactive ketones (excluding diaryl/α,β-unsaturated/α-hetero) is 1. The highest BCUT2D eigenvalue weighted by Crippen LogP contribution is 2.19. The van der Waals surface area contributed by atoms with Gasteiger partial charge in [0.25, 0.3) is 0 Å². The molecule has 1 aromatic heterocycles. The smallest absolute Gasteiger partial charge is 0.189 e. The SMILES string of the molecule is COc1cnn(C)c1C(=O)Cc1ccc(Cl)cc1. The molecule has 18 heavy (non-hydrogen) atoms. The van der Waals surface area contributed by atoms with Crippen molar-refractivity contribution >= 4 is 17.4 Å². The number of hydrogen-bond acceptors (Lipinski definition) is 3. The lowest BCUT2D eigenvalue weighted by molar-refractivity contribution is 0.0981. The first-order valence-electron chi connectivity index (χ1n) is 5.45. The Morgan fingerprint density at radius 2 is 2.06 bits per heavy atom. The molecule has 0 aliphatic heterocycles. The largest absolute Gasteiger partial charge is 0.493 e. The first-order chi connectivity index (χ1) is 8.61. The summed E-state index contributed by atoms with van der Waals surface area (Å²) in [5.41, 5.74) is 1.39. The van der Waals surface area contributed by atoms with E-state index in [1.165, 1.54) is 18.0 Å². The first kappa shape index (κ1) is 12.6. The van der Waals surface area contributed by atoms with Gasteiger partial charge in [-0.15, -0.1) is 0 Å². The van der Waals surface area contributed by atoms with Crippen LogP contribution in [0.25, 0.3) is 0 Å². The van der Waals surface area contributed by atoms with Crippen molar-refractivity contribution in [1.29, 1.82) is 0 Å². The van der Waals surface area contributed by atoms with Crippen LogP contribution < -0.4 is 4.74 Å². The van der Waals surface area contributed by atoms with E-state index in [1.807, 2.05) is 12.1 Å². The Balaban J connectivity index is 2.21. The number of nitrogens with zero attached hydrogens (tertiary/aromatic N) is 2. The van der Waals surface area contributed by atoms with Crippen LogP contribution in [-0.2, 0) is 13.5 Å². The minimum absolute atomic E-state index is 0.0332. The molecule has 1 aromatic carbocycles. The molecule has 0 aliphatic carbocycles. The van der Waals surface area contributed by atoms with Gasteiger partial charge < -0.3 is 4.74 Å². The Morgan fingerprint density at radius 3 is 2.67 bits per heavy atom. The molecule has 94 valence electrons. The molecule has 0 aliphatic rings. The maximum atomic E-state index is 12.2. The van der Waals surface area contributed by atoms with E-state index < -0.39 is 0 Å². The molecule has 0 spiro atoms. The third kappa shape index (κ3) is 2.54. The lowest BCUT2D eigenvalue weighted by Crippen LogP contribution is -2.11. The summed E-state index contributed by atoms with van der Waals surface area (Å²) in [4.78, 5) is 12.2. The Morgan fingerprint density at radius 1 is 1.39 bits per heavy atom. The third-order valence-corrected chi connectivity index (χ3v) is 2.92. The van der Waals surface area contributed by atoms with E-state index in [-0.39, 0.29) is 5.78 Å². The molecule has 2 aromatic rings. The van der Waals surface area contributed by atoms with Crippen LogP contribution >= 0.6 is 11.6 Å². The van der Waals surface area contributed by atoms with Crippen molar-refractivity contribution in [3.63, 3.8) is 0 Å². The predicted molar refractivity (Wildman–Crippen MR) is 69.2 cm³/mol. The average molecular weight is 265 g/mol. The summed E-state index contributed by atoms with van der Waals surface area (Å²) in [6.45, 7) is 0. The summed E-state index contributed by atoms with van der Waals surface area (Å²) in [5.74, 6) is 0.464. The van der Waals surface area contributed by atoms with E-state index in [2.05, 4.69) is 5.10 Å². The molecule has 0 saturated heterocycles. The van der Waals surface area contributed by atoms with Crippen LogP contribution in [0.4, 0.5) is 0 Å². The molecule has 0 amide bonds. The quantitative estimate of drug-likeness (QED) is 0.797. The maximum absolute atomic E-state index is 12.2. The van der Waals surface area contributed by atoms with Crippen LogP contribution in [0.2, 0.25) is 5.02 Å². The Bertz CT molecular complexity index is 561. The average Bonchev–Trinajstić information content (AvgIpc) is 2.73. The van der Waals surface area contributed by atoms with Crippen molar-refractivity contribution in [2.45, 2.75) is 6.42 Å². The van der Waals surface area contributed by atoms with Gasteiger partial charge >= 0.3 is 0 Å². The van der Waals surface area contributed by atoms with Gasteiger partial charge in [0.05, 0.1) is 13.3 Å². The number of aryl methyl sites for hydroxylation is 1. The summed E-state index contributed by atoms with van der Waals surface area (Å²) >= 11 is 5.80. The van der Waals surface area contributed by atoms with Crippen molar-refractivity contribution in [2.24, 2.45) is 7.05 Å². The van der Waals surface area contributed by atoms with E-state index in [0.717, 1.165) is 5.56 Å². The Kier molecular flexibility index (Phi) is 3.67. The van der Waals surface area contributed by atoms with Crippen LogP contribution in [0.15, 0.2) is 30.5 Å². The third-order valence-electron chi connectivity index (χ3n) is 2.67. The Labute approximate surface area is 110 Å². The summed E-state index contributed by atoms with van der Waals surface area (Å²) in [5, 5.41) is 4.67. The van der Waals surface area contributed by atoms with Gasteiger partial charge in [0.1, 0.15) is 5.69 Å². The van der Waals surface area contributed by atoms with Gasteiger partial charge in [0, 0.05) is 18.5 Å². The number of halogens is 1. The number of ether oxygens (including phenoxy) is 1. The van der Waals surface area contributed by atoms with Gasteiger partial charge in [0.2, 0.25) is 0 Å². The number of rotatable bonds is 4. The van der Waals surface area contributed by atoms with Crippen LogP contribution in [0, 0.1) is 0 Å². The molecule has 4 nitrogen and oxygen atoms in total. The van der Waals surface area contributed by atoms with E-state index in [9.17, 15) is 4.79 Å². The van der Waals surface area contributed by atoms with Crippen LogP contribution in [0.5, 0.6) is 5.75 Å². The summed E-state index contributed by atoms with van der Waals surface area (Å²) in [6.07, 6.45) is 1.84. The summed E-state index contributed by atoms with van der Waals surface area (Å²) in [6, 6.07) is 7.21. The molecule has 0 bridgehead atoms. The molecule has 0 N–H and O–H groups in total. The number of benzene rings is 1. The molecule has 0 radical (unpaired) electrons. The molecule has 0 unspecified atom stereocenters. The van der Waals surface area contributed by atoms with Crippen LogP contribution in [0.1, 0.15) is 16.1 Å². The van der Waals surface area contributed by atoms with Gasteiger partial charge in [-0.3, -0.25) is 9.48 Å². The fraction of sp³-hybridized carbons (Fsp3) is 0.231. The van der Waals surface area contributed by atoms with E-state index in [4.69, 9.17) is 16.3 Å². The van der Waals surface area contributed by atoms with E-state index in [0.29, 0.717) is 22.9 Å². The van der Waals surface area contributed by atoms with Gasteiger partial charge in [-0.2, -0.15) is 5.10 Å². The lowest BCUT2D eigenvalue weighted by atomic mass is 10.1. The van der Waals surface area contributed by atoms with Gasteiger partial charge in [0.15, 0.2) is 11.5 Å². The van der Waals surface area contributed by atoms with Gasteiger partial charge in [-0.05, 0) is 17.7 Å². The molecular formula is C13H13ClN2O2. The normalized spacial score (nSPS) is 10.4. The fourth-order valence-corrected chi connectivity index (χ4v) is 1.88. The molecule has 0 atom stereocenters. The van der Waals surface area contributed by atoms with E-state index >= 15 is 0 Å². The number of methoxy groups -OCH3 is 1. The van der Waals surface area contributed by atoms with E-state index in [1.54, 1.807) is 19.2 Å². The Hall–Kier alpha value is -1.81. The molecule has 5 heteroatoms. The van der Waals surface area contributed by atoms with Crippen LogP contribution in [0.3, 0.4) is 0 Å². The fourth-order valence-electron chi connectivity index (χ4n) is 1.76. The molecule has 0 saturated carbocycles. The topological polar surface area (TPSA) is 44.1 Å². The second kappa shape index (κ2) is 5.23. The predicted octanol–water partition coefficient (Wildman–Crippen LogP) is 2.51. The standard InChI is InChI=1S/C13H13ClN2O2/c1-16-13(12(18-2)8-15-16)11(17)7-9-3-5-10(14)6-4-9/h3-6,8H,7H2,1-2H3. The number of aromatic nitrogens is 2. The second-order valence-corrected chi connectivity index (χ2v) is 4.35. The minimum atomic E-state index is -0.0332.